The van der Waals surface area contributed by atoms with Crippen molar-refractivity contribution in [1.82, 2.24) is 0 Å². The van der Waals surface area contributed by atoms with Crippen molar-refractivity contribution >= 4 is 44.8 Å². The number of sulfonamides is 1. The Morgan fingerprint density at radius 3 is 2.41 bits per heavy atom. The lowest BCUT2D eigenvalue weighted by molar-refractivity contribution is 0.0999. The molecule has 0 aromatic heterocycles. The highest BCUT2D eigenvalue weighted by molar-refractivity contribution is 7.92. The normalized spacial score (nSPS) is 11.2. The Hall–Kier alpha value is -1.76. The molecule has 0 radical (unpaired) electrons. The molecule has 116 valence electrons. The molecule has 0 spiro atoms. The summed E-state index contributed by atoms with van der Waals surface area (Å²) in [4.78, 5) is 11.2. The zero-order valence-corrected chi connectivity index (χ0v) is 13.8. The van der Waals surface area contributed by atoms with Crippen LogP contribution in [0.1, 0.15) is 15.9 Å². The van der Waals surface area contributed by atoms with Gasteiger partial charge in [0.1, 0.15) is 0 Å². The van der Waals surface area contributed by atoms with E-state index in [-0.39, 0.29) is 21.2 Å². The van der Waals surface area contributed by atoms with Crippen LogP contribution in [0.25, 0.3) is 0 Å². The largest absolute Gasteiger partial charge is 0.366 e. The Labute approximate surface area is 138 Å². The number of primary amides is 1. The van der Waals surface area contributed by atoms with Gasteiger partial charge in [-0.15, -0.1) is 0 Å². The number of benzene rings is 2. The predicted octanol–water partition coefficient (Wildman–Crippen LogP) is 3.20. The molecule has 1 amide bonds. The molecule has 0 fully saturated rings. The van der Waals surface area contributed by atoms with E-state index in [1.165, 1.54) is 36.4 Å². The molecule has 0 aliphatic rings. The van der Waals surface area contributed by atoms with Crippen molar-refractivity contribution < 1.29 is 13.2 Å². The van der Waals surface area contributed by atoms with Crippen LogP contribution >= 0.6 is 23.2 Å². The Morgan fingerprint density at radius 1 is 1.14 bits per heavy atom. The van der Waals surface area contributed by atoms with Gasteiger partial charge in [0.2, 0.25) is 5.91 Å². The zero-order chi connectivity index (χ0) is 16.5. The molecule has 2 aromatic carbocycles. The summed E-state index contributed by atoms with van der Waals surface area (Å²) in [5.74, 6) is -0.695. The van der Waals surface area contributed by atoms with Gasteiger partial charge in [-0.3, -0.25) is 9.52 Å². The fourth-order valence-electron chi connectivity index (χ4n) is 1.81. The van der Waals surface area contributed by atoms with Gasteiger partial charge in [0.25, 0.3) is 10.0 Å². The number of nitrogens with two attached hydrogens (primary N) is 1. The van der Waals surface area contributed by atoms with Gasteiger partial charge in [0, 0.05) is 10.6 Å². The van der Waals surface area contributed by atoms with E-state index in [2.05, 4.69) is 4.72 Å². The van der Waals surface area contributed by atoms with Crippen LogP contribution in [0.2, 0.25) is 10.0 Å². The molecule has 0 saturated heterocycles. The second-order valence-corrected chi connectivity index (χ2v) is 7.10. The minimum Gasteiger partial charge on any atom is -0.366 e. The molecule has 0 unspecified atom stereocenters. The summed E-state index contributed by atoms with van der Waals surface area (Å²) < 4.78 is 27.1. The van der Waals surface area contributed by atoms with Crippen molar-refractivity contribution in [2.75, 3.05) is 4.72 Å². The first kappa shape index (κ1) is 16.6. The number of anilines is 1. The lowest BCUT2D eigenvalue weighted by atomic mass is 10.1. The Balaban J connectivity index is 2.42. The summed E-state index contributed by atoms with van der Waals surface area (Å²) in [7, 11) is -3.91. The van der Waals surface area contributed by atoms with Crippen LogP contribution in [-0.2, 0) is 10.0 Å². The minimum absolute atomic E-state index is 0.0853. The molecular formula is C14H12Cl2N2O3S. The smallest absolute Gasteiger partial charge is 0.261 e. The maximum Gasteiger partial charge on any atom is 0.261 e. The monoisotopic (exact) mass is 358 g/mol. The van der Waals surface area contributed by atoms with E-state index in [0.717, 1.165) is 0 Å². The lowest BCUT2D eigenvalue weighted by Gasteiger charge is -2.11. The number of hydrogen-bond acceptors (Lipinski definition) is 3. The van der Waals surface area contributed by atoms with Gasteiger partial charge >= 0.3 is 0 Å². The molecule has 0 saturated carbocycles. The van der Waals surface area contributed by atoms with Crippen molar-refractivity contribution in [2.45, 2.75) is 11.8 Å². The molecule has 0 aliphatic carbocycles. The van der Waals surface area contributed by atoms with E-state index in [9.17, 15) is 13.2 Å². The Morgan fingerprint density at radius 2 is 1.82 bits per heavy atom. The van der Waals surface area contributed by atoms with Crippen molar-refractivity contribution in [3.63, 3.8) is 0 Å². The molecule has 0 heterocycles. The molecule has 3 N–H and O–H groups in total. The van der Waals surface area contributed by atoms with Gasteiger partial charge in [0.05, 0.1) is 15.6 Å². The molecule has 0 bridgehead atoms. The molecule has 0 atom stereocenters. The van der Waals surface area contributed by atoms with E-state index in [0.29, 0.717) is 10.6 Å². The second-order valence-electron chi connectivity index (χ2n) is 4.57. The van der Waals surface area contributed by atoms with Gasteiger partial charge in [-0.25, -0.2) is 8.42 Å². The van der Waals surface area contributed by atoms with Crippen molar-refractivity contribution in [3.05, 3.63) is 57.6 Å². The van der Waals surface area contributed by atoms with Gasteiger partial charge < -0.3 is 5.73 Å². The topological polar surface area (TPSA) is 89.3 Å². The molecule has 8 heteroatoms. The van der Waals surface area contributed by atoms with E-state index < -0.39 is 15.9 Å². The molecule has 2 aromatic rings. The number of rotatable bonds is 4. The Bertz CT molecular complexity index is 851. The zero-order valence-electron chi connectivity index (χ0n) is 11.4. The number of halogens is 2. The summed E-state index contributed by atoms with van der Waals surface area (Å²) in [5, 5.41) is 0.553. The van der Waals surface area contributed by atoms with E-state index in [4.69, 9.17) is 28.9 Å². The summed E-state index contributed by atoms with van der Waals surface area (Å²) in [5.41, 5.74) is 6.15. The first-order valence-corrected chi connectivity index (χ1v) is 8.33. The van der Waals surface area contributed by atoms with Crippen LogP contribution in [0.15, 0.2) is 41.3 Å². The minimum atomic E-state index is -3.91. The predicted molar refractivity (Wildman–Crippen MR) is 87.0 cm³/mol. The number of carbonyl (C=O) groups excluding carboxylic acids is 1. The highest BCUT2D eigenvalue weighted by Gasteiger charge is 2.18. The summed E-state index contributed by atoms with van der Waals surface area (Å²) >= 11 is 11.7. The first-order valence-electron chi connectivity index (χ1n) is 6.09. The third-order valence-electron chi connectivity index (χ3n) is 2.96. The van der Waals surface area contributed by atoms with Crippen molar-refractivity contribution in [3.8, 4) is 0 Å². The van der Waals surface area contributed by atoms with Crippen LogP contribution in [0.3, 0.4) is 0 Å². The average molecular weight is 359 g/mol. The molecule has 2 rings (SSSR count). The summed E-state index contributed by atoms with van der Waals surface area (Å²) in [6.07, 6.45) is 0. The third kappa shape index (κ3) is 3.52. The van der Waals surface area contributed by atoms with Crippen LogP contribution < -0.4 is 10.5 Å². The van der Waals surface area contributed by atoms with Gasteiger partial charge in [-0.2, -0.15) is 0 Å². The second kappa shape index (κ2) is 6.16. The number of hydrogen-bond donors (Lipinski definition) is 2. The summed E-state index contributed by atoms with van der Waals surface area (Å²) in [6, 6.07) is 8.50. The first-order chi connectivity index (χ1) is 10.2. The SMILES string of the molecule is Cc1ccc(S(=O)(=O)Nc2ccc(Cl)cc2Cl)cc1C(N)=O. The maximum atomic E-state index is 12.4. The van der Waals surface area contributed by atoms with Crippen molar-refractivity contribution in [2.24, 2.45) is 5.73 Å². The average Bonchev–Trinajstić information content (AvgIpc) is 2.42. The van der Waals surface area contributed by atoms with Crippen molar-refractivity contribution in [1.29, 1.82) is 0 Å². The van der Waals surface area contributed by atoms with E-state index in [1.807, 2.05) is 0 Å². The summed E-state index contributed by atoms with van der Waals surface area (Å²) in [6.45, 7) is 1.67. The molecule has 5 nitrogen and oxygen atoms in total. The fraction of sp³-hybridized carbons (Fsp3) is 0.0714. The van der Waals surface area contributed by atoms with Gasteiger partial charge in [0.15, 0.2) is 0 Å². The van der Waals surface area contributed by atoms with Crippen LogP contribution in [0.4, 0.5) is 5.69 Å². The van der Waals surface area contributed by atoms with Crippen LogP contribution in [0.5, 0.6) is 0 Å². The quantitative estimate of drug-likeness (QED) is 0.879. The standard InChI is InChI=1S/C14H12Cl2N2O3S/c1-8-2-4-10(7-11(8)14(17)19)22(20,21)18-13-5-3-9(15)6-12(13)16/h2-7,18H,1H3,(H2,17,19). The highest BCUT2D eigenvalue weighted by Crippen LogP contribution is 2.28. The molecular weight excluding hydrogens is 347 g/mol. The Kier molecular flexibility index (Phi) is 4.65. The molecule has 22 heavy (non-hydrogen) atoms. The number of nitrogens with one attached hydrogen (secondary N) is 1. The van der Waals surface area contributed by atoms with E-state index in [1.54, 1.807) is 6.92 Å². The maximum absolute atomic E-state index is 12.4. The van der Waals surface area contributed by atoms with Gasteiger partial charge in [-0.1, -0.05) is 29.3 Å². The van der Waals surface area contributed by atoms with Gasteiger partial charge in [-0.05, 0) is 42.8 Å². The number of carbonyl (C=O) groups is 1. The lowest BCUT2D eigenvalue weighted by Crippen LogP contribution is -2.17. The van der Waals surface area contributed by atoms with Crippen LogP contribution in [-0.4, -0.2) is 14.3 Å². The number of aryl methyl sites for hydroxylation is 1. The van der Waals surface area contributed by atoms with Crippen LogP contribution in [0, 0.1) is 6.92 Å². The van der Waals surface area contributed by atoms with E-state index >= 15 is 0 Å². The third-order valence-corrected chi connectivity index (χ3v) is 4.87. The number of amides is 1. The fourth-order valence-corrected chi connectivity index (χ4v) is 3.43. The highest BCUT2D eigenvalue weighted by atomic mass is 35.5. The molecule has 0 aliphatic heterocycles.